The van der Waals surface area contributed by atoms with Gasteiger partial charge in [0.15, 0.2) is 0 Å². The van der Waals surface area contributed by atoms with Gasteiger partial charge in [0, 0.05) is 19.5 Å². The monoisotopic (exact) mass is 394 g/mol. The Balaban J connectivity index is 0. The van der Waals surface area contributed by atoms with Gasteiger partial charge in [-0.25, -0.2) is 0 Å². The van der Waals surface area contributed by atoms with Crippen LogP contribution in [0.3, 0.4) is 0 Å². The van der Waals surface area contributed by atoms with Crippen molar-refractivity contribution in [3.05, 3.63) is 0 Å². The molecule has 1 atom stereocenters. The van der Waals surface area contributed by atoms with Crippen LogP contribution in [0.15, 0.2) is 0 Å². The zero-order valence-electron chi connectivity index (χ0n) is 13.3. The number of rotatable bonds is 8. The van der Waals surface area contributed by atoms with Gasteiger partial charge in [-0.3, -0.25) is 0 Å². The summed E-state index contributed by atoms with van der Waals surface area (Å²) in [5.41, 5.74) is -1.79. The zero-order chi connectivity index (χ0) is 16.3. The van der Waals surface area contributed by atoms with E-state index in [4.69, 9.17) is 0 Å². The minimum atomic E-state index is -1.79. The summed E-state index contributed by atoms with van der Waals surface area (Å²) in [6, 6.07) is 0. The van der Waals surface area contributed by atoms with Crippen molar-refractivity contribution in [2.24, 2.45) is 11.8 Å². The molecule has 0 aromatic rings. The van der Waals surface area contributed by atoms with Gasteiger partial charge in [-0.05, 0) is 6.92 Å². The molecule has 0 aromatic carbocycles. The molecular formula is C14H26O5Sn. The van der Waals surface area contributed by atoms with Crippen molar-refractivity contribution in [2.75, 3.05) is 7.11 Å². The number of carboxylic acids is 2. The molecule has 0 saturated heterocycles. The molecule has 0 rings (SSSR count). The summed E-state index contributed by atoms with van der Waals surface area (Å²) in [5, 5.41) is 20.3. The second-order valence-corrected chi connectivity index (χ2v) is 9.47. The number of hydrogen-bond donors (Lipinski definition) is 0. The van der Waals surface area contributed by atoms with E-state index in [1.54, 1.807) is 8.87 Å². The maximum atomic E-state index is 10.3. The molecule has 0 heterocycles. The number of methoxy groups -OCH3 is 1. The summed E-state index contributed by atoms with van der Waals surface area (Å²) in [5.74, 6) is -1.12. The van der Waals surface area contributed by atoms with E-state index in [9.17, 15) is 19.8 Å². The Hall–Kier alpha value is -0.301. The van der Waals surface area contributed by atoms with Crippen LogP contribution in [0, 0.1) is 11.8 Å². The molecule has 0 aliphatic carbocycles. The largest absolute Gasteiger partial charge is 0.550 e. The molecular weight excluding hydrogens is 367 g/mol. The molecule has 0 N–H and O–H groups in total. The molecule has 0 aromatic heterocycles. The molecule has 0 amide bonds. The SMILES string of the molecule is CC(C)[CH2][Sn+2][CH2]C(C)C.COC(C)(CC(=O)[O-])C(=O)[O-]. The van der Waals surface area contributed by atoms with Crippen molar-refractivity contribution < 1.29 is 24.5 Å². The van der Waals surface area contributed by atoms with E-state index in [0.717, 1.165) is 25.9 Å². The normalized spacial score (nSPS) is 13.2. The van der Waals surface area contributed by atoms with Crippen molar-refractivity contribution in [1.29, 1.82) is 0 Å². The summed E-state index contributed by atoms with van der Waals surface area (Å²) in [4.78, 5) is 20.3. The number of hydrogen-bond acceptors (Lipinski definition) is 5. The van der Waals surface area contributed by atoms with Gasteiger partial charge in [0.05, 0.1) is 5.97 Å². The van der Waals surface area contributed by atoms with Gasteiger partial charge in [-0.15, -0.1) is 0 Å². The summed E-state index contributed by atoms with van der Waals surface area (Å²) >= 11 is 0.0709. The van der Waals surface area contributed by atoms with Crippen LogP contribution in [0.1, 0.15) is 41.0 Å². The maximum absolute atomic E-state index is 10.3. The van der Waals surface area contributed by atoms with Crippen molar-refractivity contribution in [2.45, 2.75) is 55.5 Å². The van der Waals surface area contributed by atoms with Crippen molar-refractivity contribution in [3.63, 3.8) is 0 Å². The molecule has 0 bridgehead atoms. The zero-order valence-corrected chi connectivity index (χ0v) is 16.2. The molecule has 5 nitrogen and oxygen atoms in total. The molecule has 6 heteroatoms. The van der Waals surface area contributed by atoms with E-state index in [2.05, 4.69) is 32.4 Å². The van der Waals surface area contributed by atoms with E-state index >= 15 is 0 Å². The first kappa shape index (κ1) is 22.0. The first-order valence-corrected chi connectivity index (χ1v) is 10.8. The third-order valence-corrected chi connectivity index (χ3v) is 8.78. The molecule has 0 aliphatic heterocycles. The van der Waals surface area contributed by atoms with Crippen LogP contribution in [0.5, 0.6) is 0 Å². The summed E-state index contributed by atoms with van der Waals surface area (Å²) in [6.45, 7) is 10.4. The minimum Gasteiger partial charge on any atom is -0.550 e. The Labute approximate surface area is 132 Å². The second-order valence-electron chi connectivity index (χ2n) is 5.72. The average molecular weight is 393 g/mol. The fourth-order valence-electron chi connectivity index (χ4n) is 1.16. The van der Waals surface area contributed by atoms with Gasteiger partial charge in [0.2, 0.25) is 0 Å². The Morgan fingerprint density at radius 3 is 1.65 bits per heavy atom. The molecule has 0 fully saturated rings. The molecule has 1 unspecified atom stereocenters. The first-order chi connectivity index (χ1) is 9.05. The van der Waals surface area contributed by atoms with E-state index in [1.807, 2.05) is 0 Å². The van der Waals surface area contributed by atoms with Crippen molar-refractivity contribution >= 4 is 33.1 Å². The Bertz CT molecular complexity index is 283. The quantitative estimate of drug-likeness (QED) is 0.547. The third kappa shape index (κ3) is 12.7. The van der Waals surface area contributed by atoms with Gasteiger partial charge in [0.25, 0.3) is 0 Å². The fraction of sp³-hybridized carbons (Fsp3) is 0.857. The van der Waals surface area contributed by atoms with Crippen LogP contribution in [0.4, 0.5) is 0 Å². The molecule has 116 valence electrons. The number of carbonyl (C=O) groups is 2. The van der Waals surface area contributed by atoms with Crippen LogP contribution in [-0.2, 0) is 14.3 Å². The fourth-order valence-corrected chi connectivity index (χ4v) is 4.94. The van der Waals surface area contributed by atoms with Crippen molar-refractivity contribution in [3.8, 4) is 0 Å². The topological polar surface area (TPSA) is 89.5 Å². The van der Waals surface area contributed by atoms with Crippen molar-refractivity contribution in [1.82, 2.24) is 0 Å². The number of ether oxygens (including phenoxy) is 1. The van der Waals surface area contributed by atoms with Gasteiger partial charge in [-0.1, -0.05) is 0 Å². The average Bonchev–Trinajstić information content (AvgIpc) is 2.27. The van der Waals surface area contributed by atoms with E-state index in [0.29, 0.717) is 0 Å². The molecule has 20 heavy (non-hydrogen) atoms. The van der Waals surface area contributed by atoms with Gasteiger partial charge in [-0.2, -0.15) is 0 Å². The predicted octanol–water partition coefficient (Wildman–Crippen LogP) is 0.121. The summed E-state index contributed by atoms with van der Waals surface area (Å²) < 4.78 is 7.57. The molecule has 0 radical (unpaired) electrons. The van der Waals surface area contributed by atoms with Crippen LogP contribution >= 0.6 is 0 Å². The molecule has 0 spiro atoms. The standard InChI is InChI=1S/C6H10O5.2C4H9.Sn/c1-6(11-2,5(9)10)3-4(7)8;2*1-4(2)3;/h3H2,1-2H3,(H,7,8)(H,9,10);2*4H,1H2,2-3H3;/q;;;+2/p-2. The molecule has 0 aliphatic rings. The van der Waals surface area contributed by atoms with Gasteiger partial charge < -0.3 is 24.5 Å². The van der Waals surface area contributed by atoms with E-state index < -0.39 is 24.0 Å². The second kappa shape index (κ2) is 11.4. The Morgan fingerprint density at radius 2 is 1.50 bits per heavy atom. The smallest absolute Gasteiger partial charge is 0.109 e. The van der Waals surface area contributed by atoms with E-state index in [-0.39, 0.29) is 21.1 Å². The number of aliphatic carboxylic acids is 2. The first-order valence-electron chi connectivity index (χ1n) is 6.72. The Kier molecular flexibility index (Phi) is 12.5. The predicted molar refractivity (Wildman–Crippen MR) is 75.1 cm³/mol. The van der Waals surface area contributed by atoms with Crippen LogP contribution in [0.25, 0.3) is 0 Å². The summed E-state index contributed by atoms with van der Waals surface area (Å²) in [6.07, 6.45) is -0.716. The number of carbonyl (C=O) groups excluding carboxylic acids is 2. The maximum Gasteiger partial charge on any atom is 0.109 e. The molecule has 0 saturated carbocycles. The number of carboxylic acid groups (broad SMARTS) is 2. The van der Waals surface area contributed by atoms with Crippen LogP contribution < -0.4 is 10.2 Å². The van der Waals surface area contributed by atoms with Crippen LogP contribution in [0.2, 0.25) is 8.87 Å². The van der Waals surface area contributed by atoms with E-state index in [1.165, 1.54) is 0 Å². The Morgan fingerprint density at radius 1 is 1.10 bits per heavy atom. The van der Waals surface area contributed by atoms with Gasteiger partial charge in [0.1, 0.15) is 5.60 Å². The minimum absolute atomic E-state index is 0.0709. The van der Waals surface area contributed by atoms with Gasteiger partial charge >= 0.3 is 69.5 Å². The summed E-state index contributed by atoms with van der Waals surface area (Å²) in [7, 11) is 1.10. The third-order valence-electron chi connectivity index (χ3n) is 2.47. The van der Waals surface area contributed by atoms with Crippen LogP contribution in [-0.4, -0.2) is 45.8 Å².